The summed E-state index contributed by atoms with van der Waals surface area (Å²) in [7, 11) is 0. The highest BCUT2D eigenvalue weighted by molar-refractivity contribution is 5.39. The lowest BCUT2D eigenvalue weighted by Gasteiger charge is -2.39. The molecule has 0 saturated carbocycles. The van der Waals surface area contributed by atoms with E-state index < -0.39 is 0 Å². The van der Waals surface area contributed by atoms with Crippen LogP contribution in [0, 0.1) is 13.8 Å². The van der Waals surface area contributed by atoms with Crippen molar-refractivity contribution in [3.8, 4) is 5.75 Å². The number of aryl methyl sites for hydroxylation is 2. The van der Waals surface area contributed by atoms with Crippen molar-refractivity contribution in [2.45, 2.75) is 39.8 Å². The zero-order chi connectivity index (χ0) is 13.8. The Morgan fingerprint density at radius 3 is 2.32 bits per heavy atom. The number of hydrogen-bond donors (Lipinski definition) is 1. The van der Waals surface area contributed by atoms with Crippen LogP contribution in [0.25, 0.3) is 0 Å². The molecule has 3 nitrogen and oxygen atoms in total. The molecular weight excluding hydrogens is 236 g/mol. The van der Waals surface area contributed by atoms with Gasteiger partial charge in [-0.05, 0) is 38.8 Å². The molecule has 1 fully saturated rings. The summed E-state index contributed by atoms with van der Waals surface area (Å²) in [6.45, 7) is 12.7. The van der Waals surface area contributed by atoms with Gasteiger partial charge in [-0.25, -0.2) is 0 Å². The van der Waals surface area contributed by atoms with Gasteiger partial charge in [-0.1, -0.05) is 18.2 Å². The van der Waals surface area contributed by atoms with Gasteiger partial charge in [-0.2, -0.15) is 0 Å². The number of rotatable bonds is 4. The van der Waals surface area contributed by atoms with Crippen molar-refractivity contribution in [2.75, 3.05) is 26.2 Å². The quantitative estimate of drug-likeness (QED) is 0.901. The van der Waals surface area contributed by atoms with E-state index in [0.29, 0.717) is 12.1 Å². The smallest absolute Gasteiger partial charge is 0.125 e. The third-order valence-corrected chi connectivity index (χ3v) is 4.02. The number of ether oxygens (including phenoxy) is 1. The van der Waals surface area contributed by atoms with Gasteiger partial charge in [0.05, 0.1) is 0 Å². The molecule has 0 aromatic heterocycles. The Bertz CT molecular complexity index is 389. The molecule has 19 heavy (non-hydrogen) atoms. The number of benzene rings is 1. The maximum atomic E-state index is 6.00. The van der Waals surface area contributed by atoms with Crippen LogP contribution in [0.3, 0.4) is 0 Å². The van der Waals surface area contributed by atoms with Crippen LogP contribution in [0.1, 0.15) is 25.0 Å². The summed E-state index contributed by atoms with van der Waals surface area (Å²) in [5.74, 6) is 1.05. The number of nitrogens with one attached hydrogen (secondary N) is 1. The highest BCUT2D eigenvalue weighted by atomic mass is 16.5. The maximum absolute atomic E-state index is 6.00. The van der Waals surface area contributed by atoms with Crippen LogP contribution in [-0.4, -0.2) is 43.2 Å². The van der Waals surface area contributed by atoms with Gasteiger partial charge in [0.2, 0.25) is 0 Å². The Labute approximate surface area is 116 Å². The van der Waals surface area contributed by atoms with Gasteiger partial charge < -0.3 is 10.1 Å². The predicted molar refractivity (Wildman–Crippen MR) is 79.9 cm³/mol. The number of nitrogens with zero attached hydrogens (tertiary/aromatic N) is 1. The van der Waals surface area contributed by atoms with E-state index in [1.54, 1.807) is 0 Å². The van der Waals surface area contributed by atoms with Crippen LogP contribution in [0.4, 0.5) is 0 Å². The van der Waals surface area contributed by atoms with Crippen molar-refractivity contribution in [2.24, 2.45) is 0 Å². The summed E-state index contributed by atoms with van der Waals surface area (Å²) >= 11 is 0. The predicted octanol–water partition coefficient (Wildman–Crippen LogP) is 2.36. The van der Waals surface area contributed by atoms with E-state index in [0.717, 1.165) is 32.0 Å². The summed E-state index contributed by atoms with van der Waals surface area (Å²) in [6.07, 6.45) is 0. The van der Waals surface area contributed by atoms with E-state index in [4.69, 9.17) is 4.74 Å². The minimum absolute atomic E-state index is 0.588. The van der Waals surface area contributed by atoms with Crippen molar-refractivity contribution in [1.29, 1.82) is 0 Å². The van der Waals surface area contributed by atoms with Gasteiger partial charge in [0, 0.05) is 31.7 Å². The lowest BCUT2D eigenvalue weighted by atomic mass is 10.1. The van der Waals surface area contributed by atoms with Crippen LogP contribution in [-0.2, 0) is 0 Å². The van der Waals surface area contributed by atoms with Crippen LogP contribution in [0.5, 0.6) is 5.75 Å². The fourth-order valence-corrected chi connectivity index (χ4v) is 2.89. The molecule has 3 heteroatoms. The highest BCUT2D eigenvalue weighted by Gasteiger charge is 2.23. The molecule has 2 rings (SSSR count). The van der Waals surface area contributed by atoms with Gasteiger partial charge in [0.15, 0.2) is 0 Å². The van der Waals surface area contributed by atoms with Crippen LogP contribution < -0.4 is 10.1 Å². The second-order valence-corrected chi connectivity index (χ2v) is 5.66. The highest BCUT2D eigenvalue weighted by Crippen LogP contribution is 2.22. The first-order valence-electron chi connectivity index (χ1n) is 7.25. The van der Waals surface area contributed by atoms with Crippen molar-refractivity contribution < 1.29 is 4.74 Å². The molecule has 1 saturated heterocycles. The van der Waals surface area contributed by atoms with Crippen LogP contribution in [0.15, 0.2) is 18.2 Å². The minimum atomic E-state index is 0.588. The normalized spacial score (nSPS) is 24.4. The summed E-state index contributed by atoms with van der Waals surface area (Å²) in [5, 5.41) is 3.46. The molecule has 1 aliphatic heterocycles. The Kier molecular flexibility index (Phi) is 4.83. The van der Waals surface area contributed by atoms with Crippen molar-refractivity contribution >= 4 is 0 Å². The standard InChI is InChI=1S/C16H26N2O/c1-12-6-5-7-13(2)16(12)19-9-8-18-14(3)10-17-11-15(18)4/h5-7,14-15,17H,8-11H2,1-4H3/t14-,15+. The molecule has 1 aromatic rings. The summed E-state index contributed by atoms with van der Waals surface area (Å²) < 4.78 is 6.00. The minimum Gasteiger partial charge on any atom is -0.492 e. The van der Waals surface area contributed by atoms with Gasteiger partial charge in [0.1, 0.15) is 12.4 Å². The van der Waals surface area contributed by atoms with E-state index >= 15 is 0 Å². The van der Waals surface area contributed by atoms with E-state index in [1.165, 1.54) is 11.1 Å². The molecule has 0 unspecified atom stereocenters. The molecule has 1 aliphatic rings. The lowest BCUT2D eigenvalue weighted by Crippen LogP contribution is -2.55. The summed E-state index contributed by atoms with van der Waals surface area (Å²) in [5.41, 5.74) is 2.45. The average molecular weight is 262 g/mol. The molecular formula is C16H26N2O. The SMILES string of the molecule is Cc1cccc(C)c1OCCN1[C@H](C)CNC[C@@H]1C. The second-order valence-electron chi connectivity index (χ2n) is 5.66. The van der Waals surface area contributed by atoms with Gasteiger partial charge in [0.25, 0.3) is 0 Å². The Hall–Kier alpha value is -1.06. The molecule has 1 aromatic carbocycles. The number of hydrogen-bond acceptors (Lipinski definition) is 3. The molecule has 0 bridgehead atoms. The summed E-state index contributed by atoms with van der Waals surface area (Å²) in [4.78, 5) is 2.53. The zero-order valence-corrected chi connectivity index (χ0v) is 12.6. The van der Waals surface area contributed by atoms with Crippen molar-refractivity contribution in [3.05, 3.63) is 29.3 Å². The van der Waals surface area contributed by atoms with Gasteiger partial charge in [-0.15, -0.1) is 0 Å². The number of para-hydroxylation sites is 1. The lowest BCUT2D eigenvalue weighted by molar-refractivity contribution is 0.0963. The largest absolute Gasteiger partial charge is 0.492 e. The van der Waals surface area contributed by atoms with Crippen molar-refractivity contribution in [3.63, 3.8) is 0 Å². The second kappa shape index (κ2) is 6.40. The van der Waals surface area contributed by atoms with E-state index in [2.05, 4.69) is 56.1 Å². The van der Waals surface area contributed by atoms with Crippen LogP contribution >= 0.6 is 0 Å². The maximum Gasteiger partial charge on any atom is 0.125 e. The Morgan fingerprint density at radius 2 is 1.74 bits per heavy atom. The Morgan fingerprint density at radius 1 is 1.16 bits per heavy atom. The van der Waals surface area contributed by atoms with Crippen LogP contribution in [0.2, 0.25) is 0 Å². The fraction of sp³-hybridized carbons (Fsp3) is 0.625. The van der Waals surface area contributed by atoms with E-state index in [9.17, 15) is 0 Å². The van der Waals surface area contributed by atoms with Gasteiger partial charge >= 0.3 is 0 Å². The fourth-order valence-electron chi connectivity index (χ4n) is 2.89. The van der Waals surface area contributed by atoms with Gasteiger partial charge in [-0.3, -0.25) is 4.90 Å². The zero-order valence-electron chi connectivity index (χ0n) is 12.6. The average Bonchev–Trinajstić information content (AvgIpc) is 2.36. The third-order valence-electron chi connectivity index (χ3n) is 4.02. The first-order valence-corrected chi connectivity index (χ1v) is 7.25. The Balaban J connectivity index is 1.89. The van der Waals surface area contributed by atoms with E-state index in [-0.39, 0.29) is 0 Å². The molecule has 1 N–H and O–H groups in total. The molecule has 106 valence electrons. The monoisotopic (exact) mass is 262 g/mol. The molecule has 0 radical (unpaired) electrons. The summed E-state index contributed by atoms with van der Waals surface area (Å²) in [6, 6.07) is 7.48. The molecule has 0 aliphatic carbocycles. The first-order chi connectivity index (χ1) is 9.09. The van der Waals surface area contributed by atoms with E-state index in [1.807, 2.05) is 0 Å². The number of piperazine rings is 1. The molecule has 1 heterocycles. The molecule has 0 spiro atoms. The van der Waals surface area contributed by atoms with Crippen molar-refractivity contribution in [1.82, 2.24) is 10.2 Å². The first kappa shape index (κ1) is 14.4. The molecule has 2 atom stereocenters. The third kappa shape index (κ3) is 3.48. The molecule has 0 amide bonds. The topological polar surface area (TPSA) is 24.5 Å².